The normalized spacial score (nSPS) is 10.9. The van der Waals surface area contributed by atoms with Gasteiger partial charge in [-0.1, -0.05) is 82.3 Å². The summed E-state index contributed by atoms with van der Waals surface area (Å²) < 4.78 is 1.81. The van der Waals surface area contributed by atoms with Gasteiger partial charge in [0, 0.05) is 37.2 Å². The molecule has 7 nitrogen and oxygen atoms in total. The van der Waals surface area contributed by atoms with Crippen molar-refractivity contribution in [3.8, 4) is 0 Å². The third-order valence-electron chi connectivity index (χ3n) is 6.30. The van der Waals surface area contributed by atoms with Gasteiger partial charge in [-0.3, -0.25) is 4.98 Å². The number of hydrogen-bond donors (Lipinski definition) is 3. The van der Waals surface area contributed by atoms with Gasteiger partial charge in [0.2, 0.25) is 0 Å². The van der Waals surface area contributed by atoms with Crippen LogP contribution in [0.1, 0.15) is 81.4 Å². The molecule has 0 aliphatic heterocycles. The van der Waals surface area contributed by atoms with Crippen LogP contribution in [-0.4, -0.2) is 31.3 Å². The smallest absolute Gasteiger partial charge is 0.163 e. The van der Waals surface area contributed by atoms with E-state index < -0.39 is 0 Å². The van der Waals surface area contributed by atoms with E-state index in [2.05, 4.69) is 52.4 Å². The number of aromatic nitrogens is 4. The highest BCUT2D eigenvalue weighted by Gasteiger charge is 2.12. The Bertz CT molecular complexity index is 1160. The summed E-state index contributed by atoms with van der Waals surface area (Å²) in [5.41, 5.74) is 10.4. The molecule has 1 aromatic carbocycles. The second-order valence-electron chi connectivity index (χ2n) is 9.71. The van der Waals surface area contributed by atoms with E-state index >= 15 is 0 Å². The van der Waals surface area contributed by atoms with Crippen LogP contribution in [0.4, 0.5) is 11.6 Å². The van der Waals surface area contributed by atoms with E-state index in [1.54, 1.807) is 0 Å². The number of aryl methyl sites for hydroxylation is 1. The maximum atomic E-state index is 8.63. The van der Waals surface area contributed by atoms with E-state index in [9.17, 15) is 0 Å². The molecule has 0 aliphatic carbocycles. The number of nitrogen functional groups attached to an aromatic ring is 1. The number of aliphatic hydroxyl groups is 1. The lowest BCUT2D eigenvalue weighted by Crippen LogP contribution is -2.07. The van der Waals surface area contributed by atoms with Gasteiger partial charge in [-0.2, -0.15) is 9.61 Å². The van der Waals surface area contributed by atoms with Crippen molar-refractivity contribution in [1.82, 2.24) is 19.6 Å². The van der Waals surface area contributed by atoms with Crippen LogP contribution in [0.5, 0.6) is 0 Å². The minimum atomic E-state index is 0.348. The van der Waals surface area contributed by atoms with Crippen LogP contribution in [0.3, 0.4) is 0 Å². The van der Waals surface area contributed by atoms with E-state index in [4.69, 9.17) is 10.8 Å². The first kappa shape index (κ1) is 28.1. The highest BCUT2D eigenvalue weighted by atomic mass is 16.2. The van der Waals surface area contributed by atoms with Crippen molar-refractivity contribution in [1.29, 1.82) is 0 Å². The van der Waals surface area contributed by atoms with E-state index in [1.807, 2.05) is 53.4 Å². The summed E-state index contributed by atoms with van der Waals surface area (Å²) in [7, 11) is 0. The van der Waals surface area contributed by atoms with Gasteiger partial charge in [0.25, 0.3) is 0 Å². The first-order valence-electron chi connectivity index (χ1n) is 13.5. The number of rotatable bonds is 13. The molecule has 7 heteroatoms. The quantitative estimate of drug-likeness (QED) is 0.183. The van der Waals surface area contributed by atoms with E-state index in [0.29, 0.717) is 18.3 Å². The molecule has 0 radical (unpaired) electrons. The number of anilines is 2. The Morgan fingerprint density at radius 2 is 1.59 bits per heavy atom. The first-order chi connectivity index (χ1) is 18.1. The summed E-state index contributed by atoms with van der Waals surface area (Å²) in [6.07, 6.45) is 15.4. The molecule has 4 N–H and O–H groups in total. The zero-order valence-corrected chi connectivity index (χ0v) is 22.3. The molecule has 37 heavy (non-hydrogen) atoms. The monoisotopic (exact) mass is 502 g/mol. The van der Waals surface area contributed by atoms with Crippen LogP contribution in [0.25, 0.3) is 5.65 Å². The highest BCUT2D eigenvalue weighted by molar-refractivity contribution is 5.59. The third kappa shape index (κ3) is 9.50. The SMILES string of the molecule is CC(C)c1cnn2c(NCc3ccccc3)cc(N)nc12.OCCCCCCCCCc1cccnc1. The molecule has 0 atom stereocenters. The number of nitrogens with one attached hydrogen (secondary N) is 1. The van der Waals surface area contributed by atoms with Crippen molar-refractivity contribution in [3.05, 3.63) is 83.8 Å². The Kier molecular flexibility index (Phi) is 11.9. The van der Waals surface area contributed by atoms with Crippen molar-refractivity contribution < 1.29 is 5.11 Å². The molecule has 0 spiro atoms. The van der Waals surface area contributed by atoms with Gasteiger partial charge < -0.3 is 16.2 Å². The number of fused-ring (bicyclic) bond motifs is 1. The number of nitrogens with zero attached hydrogens (tertiary/aromatic N) is 4. The number of nitrogens with two attached hydrogens (primary N) is 1. The lowest BCUT2D eigenvalue weighted by atomic mass is 10.1. The van der Waals surface area contributed by atoms with E-state index in [-0.39, 0.29) is 0 Å². The molecule has 0 bridgehead atoms. The number of benzene rings is 1. The molecule has 198 valence electrons. The minimum absolute atomic E-state index is 0.348. The first-order valence-corrected chi connectivity index (χ1v) is 13.5. The summed E-state index contributed by atoms with van der Waals surface area (Å²) in [5, 5.41) is 16.4. The van der Waals surface area contributed by atoms with Gasteiger partial charge in [0.15, 0.2) is 5.65 Å². The maximum Gasteiger partial charge on any atom is 0.163 e. The average molecular weight is 503 g/mol. The molecule has 4 aromatic rings. The molecule has 4 rings (SSSR count). The summed E-state index contributed by atoms with van der Waals surface area (Å²) in [6, 6.07) is 16.2. The molecule has 0 saturated heterocycles. The second-order valence-corrected chi connectivity index (χ2v) is 9.71. The molecule has 3 aromatic heterocycles. The predicted octanol–water partition coefficient (Wildman–Crippen LogP) is 6.39. The Hall–Kier alpha value is -3.45. The lowest BCUT2D eigenvalue weighted by Gasteiger charge is -2.10. The number of unbranched alkanes of at least 4 members (excludes halogenated alkanes) is 6. The summed E-state index contributed by atoms with van der Waals surface area (Å²) in [5.74, 6) is 1.72. The fourth-order valence-electron chi connectivity index (χ4n) is 4.19. The van der Waals surface area contributed by atoms with Gasteiger partial charge in [-0.05, 0) is 42.4 Å². The fraction of sp³-hybridized carbons (Fsp3) is 0.433. The highest BCUT2D eigenvalue weighted by Crippen LogP contribution is 2.23. The van der Waals surface area contributed by atoms with Crippen LogP contribution in [0.2, 0.25) is 0 Å². The van der Waals surface area contributed by atoms with Crippen LogP contribution in [0.15, 0.2) is 67.1 Å². The van der Waals surface area contributed by atoms with Gasteiger partial charge in [-0.25, -0.2) is 4.98 Å². The van der Waals surface area contributed by atoms with Gasteiger partial charge >= 0.3 is 0 Å². The topological polar surface area (TPSA) is 101 Å². The number of hydrogen-bond acceptors (Lipinski definition) is 6. The third-order valence-corrected chi connectivity index (χ3v) is 6.30. The lowest BCUT2D eigenvalue weighted by molar-refractivity contribution is 0.282. The molecule has 0 amide bonds. The summed E-state index contributed by atoms with van der Waals surface area (Å²) in [4.78, 5) is 8.52. The van der Waals surface area contributed by atoms with Crippen molar-refractivity contribution in [2.75, 3.05) is 17.7 Å². The molecule has 0 saturated carbocycles. The zero-order valence-electron chi connectivity index (χ0n) is 22.3. The minimum Gasteiger partial charge on any atom is -0.396 e. The molecule has 0 fully saturated rings. The molecular formula is C30H42N6O. The van der Waals surface area contributed by atoms with Crippen molar-refractivity contribution in [2.45, 2.75) is 77.7 Å². The van der Waals surface area contributed by atoms with Crippen LogP contribution in [0, 0.1) is 0 Å². The van der Waals surface area contributed by atoms with E-state index in [1.165, 1.54) is 49.7 Å². The summed E-state index contributed by atoms with van der Waals surface area (Å²) >= 11 is 0. The van der Waals surface area contributed by atoms with Gasteiger partial charge in [0.05, 0.1) is 6.20 Å². The Morgan fingerprint density at radius 3 is 2.27 bits per heavy atom. The van der Waals surface area contributed by atoms with Crippen molar-refractivity contribution in [3.63, 3.8) is 0 Å². The average Bonchev–Trinajstić information content (AvgIpc) is 3.35. The Labute approximate surface area is 221 Å². The largest absolute Gasteiger partial charge is 0.396 e. The molecular weight excluding hydrogens is 460 g/mol. The van der Waals surface area contributed by atoms with Crippen LogP contribution in [-0.2, 0) is 13.0 Å². The van der Waals surface area contributed by atoms with Gasteiger partial charge in [-0.15, -0.1) is 0 Å². The van der Waals surface area contributed by atoms with Crippen molar-refractivity contribution in [2.24, 2.45) is 0 Å². The summed E-state index contributed by atoms with van der Waals surface area (Å²) in [6.45, 7) is 5.31. The Balaban J connectivity index is 0.000000214. The fourth-order valence-corrected chi connectivity index (χ4v) is 4.19. The number of pyridine rings is 1. The van der Waals surface area contributed by atoms with Gasteiger partial charge in [0.1, 0.15) is 11.6 Å². The van der Waals surface area contributed by atoms with E-state index in [0.717, 1.165) is 36.4 Å². The molecule has 0 aliphatic rings. The zero-order chi connectivity index (χ0) is 26.3. The van der Waals surface area contributed by atoms with Crippen LogP contribution >= 0.6 is 0 Å². The standard InChI is InChI=1S/C16H19N5.C14H23NO/c1-11(2)13-10-19-21-15(8-14(17)20-16(13)21)18-9-12-6-4-3-5-7-12;16-12-7-5-3-1-2-4-6-9-14-10-8-11-15-13-14/h3-8,10-11,18H,9H2,1-2H3,(H2,17,20);8,10-11,13,16H,1-7,9,12H2. The number of aliphatic hydroxyl groups excluding tert-OH is 1. The van der Waals surface area contributed by atoms with Crippen molar-refractivity contribution >= 4 is 17.3 Å². The molecule has 0 unspecified atom stereocenters. The molecule has 3 heterocycles. The Morgan fingerprint density at radius 1 is 0.892 bits per heavy atom. The predicted molar refractivity (Wildman–Crippen MR) is 153 cm³/mol. The van der Waals surface area contributed by atoms with Crippen LogP contribution < -0.4 is 11.1 Å². The maximum absolute atomic E-state index is 8.63. The second kappa shape index (κ2) is 15.6.